The first-order valence-corrected chi connectivity index (χ1v) is 13.3. The topological polar surface area (TPSA) is 132 Å². The molecule has 0 spiro atoms. The summed E-state index contributed by atoms with van der Waals surface area (Å²) >= 11 is 0. The van der Waals surface area contributed by atoms with E-state index in [1.54, 1.807) is 0 Å². The number of carbonyl (C=O) groups excluding carboxylic acids is 3. The molecule has 0 unspecified atom stereocenters. The van der Waals surface area contributed by atoms with Crippen LogP contribution >= 0.6 is 0 Å². The second-order valence-corrected chi connectivity index (χ2v) is 10.4. The molecule has 194 valence electrons. The third-order valence-corrected chi connectivity index (χ3v) is 6.55. The summed E-state index contributed by atoms with van der Waals surface area (Å²) in [6.45, 7) is 4.50. The van der Waals surface area contributed by atoms with Crippen LogP contribution in [0.15, 0.2) is 77.8 Å². The number of aryl methyl sites for hydroxylation is 1. The van der Waals surface area contributed by atoms with Gasteiger partial charge in [0.15, 0.2) is 0 Å². The highest BCUT2D eigenvalue weighted by Gasteiger charge is 2.20. The summed E-state index contributed by atoms with van der Waals surface area (Å²) in [7, 11) is -4.20. The third kappa shape index (κ3) is 8.25. The second kappa shape index (κ2) is 12.8. The SMILES string of the molecule is CC(C)COC(=O)c1ccc(C(=O)NS(=O)(=O)c2ccc(C(=O)NCCCc3ccccc3)cc2)cn1. The Labute approximate surface area is 216 Å². The molecular weight excluding hydrogens is 494 g/mol. The fourth-order valence-corrected chi connectivity index (χ4v) is 4.21. The number of aromatic nitrogens is 1. The van der Waals surface area contributed by atoms with Crippen LogP contribution in [-0.2, 0) is 21.2 Å². The number of hydrogen-bond donors (Lipinski definition) is 2. The van der Waals surface area contributed by atoms with Gasteiger partial charge in [-0.2, -0.15) is 0 Å². The molecule has 0 radical (unpaired) electrons. The van der Waals surface area contributed by atoms with E-state index < -0.39 is 21.9 Å². The number of esters is 1. The monoisotopic (exact) mass is 523 g/mol. The summed E-state index contributed by atoms with van der Waals surface area (Å²) in [4.78, 5) is 40.5. The highest BCUT2D eigenvalue weighted by Crippen LogP contribution is 2.12. The lowest BCUT2D eigenvalue weighted by molar-refractivity contribution is 0.0451. The predicted octanol–water partition coefficient (Wildman–Crippen LogP) is 3.38. The second-order valence-electron chi connectivity index (χ2n) is 8.73. The van der Waals surface area contributed by atoms with Crippen LogP contribution in [0.3, 0.4) is 0 Å². The van der Waals surface area contributed by atoms with E-state index in [9.17, 15) is 22.8 Å². The van der Waals surface area contributed by atoms with Gasteiger partial charge in [-0.3, -0.25) is 9.59 Å². The standard InChI is InChI=1S/C27H29N3O6S/c1-19(2)18-36-27(33)24-15-12-22(17-29-24)26(32)30-37(34,35)23-13-10-21(11-14-23)25(31)28-16-6-9-20-7-4-3-5-8-20/h3-5,7-8,10-15,17,19H,6,9,16,18H2,1-2H3,(H,28,31)(H,30,32). The van der Waals surface area contributed by atoms with Gasteiger partial charge in [0, 0.05) is 18.3 Å². The van der Waals surface area contributed by atoms with Gasteiger partial charge in [0.25, 0.3) is 21.8 Å². The fourth-order valence-electron chi connectivity index (χ4n) is 3.23. The van der Waals surface area contributed by atoms with Gasteiger partial charge in [0.05, 0.1) is 17.1 Å². The van der Waals surface area contributed by atoms with Crippen LogP contribution in [0.1, 0.15) is 57.0 Å². The lowest BCUT2D eigenvalue weighted by Gasteiger charge is -2.09. The Morgan fingerprint density at radius 3 is 2.19 bits per heavy atom. The van der Waals surface area contributed by atoms with Gasteiger partial charge in [-0.25, -0.2) is 22.9 Å². The molecule has 1 aromatic heterocycles. The zero-order chi connectivity index (χ0) is 26.8. The Hall–Kier alpha value is -4.05. The first-order valence-electron chi connectivity index (χ1n) is 11.8. The Morgan fingerprint density at radius 1 is 0.892 bits per heavy atom. The van der Waals surface area contributed by atoms with Crippen molar-refractivity contribution in [2.24, 2.45) is 5.92 Å². The molecule has 2 N–H and O–H groups in total. The van der Waals surface area contributed by atoms with Gasteiger partial charge in [0.2, 0.25) is 0 Å². The highest BCUT2D eigenvalue weighted by atomic mass is 32.2. The molecule has 2 amide bonds. The normalized spacial score (nSPS) is 11.1. The molecule has 0 saturated carbocycles. The van der Waals surface area contributed by atoms with Crippen molar-refractivity contribution in [3.8, 4) is 0 Å². The van der Waals surface area contributed by atoms with E-state index in [1.165, 1.54) is 42.0 Å². The number of nitrogens with one attached hydrogen (secondary N) is 2. The summed E-state index contributed by atoms with van der Waals surface area (Å²) < 4.78 is 32.3. The largest absolute Gasteiger partial charge is 0.461 e. The zero-order valence-corrected chi connectivity index (χ0v) is 21.5. The Kier molecular flexibility index (Phi) is 9.51. The number of nitrogens with zero attached hydrogens (tertiary/aromatic N) is 1. The summed E-state index contributed by atoms with van der Waals surface area (Å²) in [5.74, 6) is -1.70. The van der Waals surface area contributed by atoms with Gasteiger partial charge < -0.3 is 10.1 Å². The minimum atomic E-state index is -4.20. The maximum atomic E-state index is 12.6. The first-order chi connectivity index (χ1) is 17.7. The van der Waals surface area contributed by atoms with Crippen molar-refractivity contribution in [2.75, 3.05) is 13.2 Å². The van der Waals surface area contributed by atoms with Crippen LogP contribution in [0, 0.1) is 5.92 Å². The van der Waals surface area contributed by atoms with Crippen molar-refractivity contribution in [1.29, 1.82) is 0 Å². The molecule has 2 aromatic carbocycles. The molecule has 10 heteroatoms. The molecule has 0 aliphatic heterocycles. The lowest BCUT2D eigenvalue weighted by Crippen LogP contribution is -2.31. The van der Waals surface area contributed by atoms with Crippen molar-refractivity contribution in [3.63, 3.8) is 0 Å². The predicted molar refractivity (Wildman–Crippen MR) is 138 cm³/mol. The molecule has 0 bridgehead atoms. The minimum Gasteiger partial charge on any atom is -0.461 e. The lowest BCUT2D eigenvalue weighted by atomic mass is 10.1. The van der Waals surface area contributed by atoms with Gasteiger partial charge in [-0.05, 0) is 60.7 Å². The average Bonchev–Trinajstić information content (AvgIpc) is 2.90. The zero-order valence-electron chi connectivity index (χ0n) is 20.6. The number of carbonyl (C=O) groups is 3. The maximum absolute atomic E-state index is 12.6. The van der Waals surface area contributed by atoms with E-state index in [2.05, 4.69) is 10.3 Å². The highest BCUT2D eigenvalue weighted by molar-refractivity contribution is 7.90. The molecule has 0 aliphatic carbocycles. The number of pyridine rings is 1. The number of sulfonamides is 1. The summed E-state index contributed by atoms with van der Waals surface area (Å²) in [6.07, 6.45) is 2.70. The molecule has 0 fully saturated rings. The van der Waals surface area contributed by atoms with E-state index in [0.717, 1.165) is 19.0 Å². The van der Waals surface area contributed by atoms with Crippen molar-refractivity contribution in [3.05, 3.63) is 95.3 Å². The molecule has 0 atom stereocenters. The molecule has 3 aromatic rings. The molecule has 9 nitrogen and oxygen atoms in total. The summed E-state index contributed by atoms with van der Waals surface area (Å²) in [5, 5.41) is 2.81. The number of amides is 2. The minimum absolute atomic E-state index is 0.00832. The van der Waals surface area contributed by atoms with Gasteiger partial charge in [0.1, 0.15) is 5.69 Å². The van der Waals surface area contributed by atoms with Crippen LogP contribution in [-0.4, -0.2) is 44.3 Å². The Balaban J connectivity index is 1.53. The van der Waals surface area contributed by atoms with Gasteiger partial charge >= 0.3 is 5.97 Å². The smallest absolute Gasteiger partial charge is 0.356 e. The Morgan fingerprint density at radius 2 is 1.57 bits per heavy atom. The third-order valence-electron chi connectivity index (χ3n) is 5.21. The summed E-state index contributed by atoms with van der Waals surface area (Å²) in [6, 6.07) is 17.8. The molecular formula is C27H29N3O6S. The quantitative estimate of drug-likeness (QED) is 0.291. The molecule has 1 heterocycles. The van der Waals surface area contributed by atoms with Crippen molar-refractivity contribution in [2.45, 2.75) is 31.6 Å². The van der Waals surface area contributed by atoms with E-state index in [4.69, 9.17) is 4.74 Å². The van der Waals surface area contributed by atoms with Gasteiger partial charge in [-0.1, -0.05) is 44.2 Å². The number of benzene rings is 2. The molecule has 37 heavy (non-hydrogen) atoms. The van der Waals surface area contributed by atoms with E-state index in [0.29, 0.717) is 12.1 Å². The van der Waals surface area contributed by atoms with Crippen LogP contribution in [0.25, 0.3) is 0 Å². The number of hydrogen-bond acceptors (Lipinski definition) is 7. The average molecular weight is 524 g/mol. The van der Waals surface area contributed by atoms with Crippen molar-refractivity contribution in [1.82, 2.24) is 15.0 Å². The molecule has 0 saturated heterocycles. The molecule has 3 rings (SSSR count). The number of ether oxygens (including phenoxy) is 1. The van der Waals surface area contributed by atoms with Crippen LogP contribution in [0.4, 0.5) is 0 Å². The van der Waals surface area contributed by atoms with E-state index in [1.807, 2.05) is 48.9 Å². The number of rotatable bonds is 11. The fraction of sp³-hybridized carbons (Fsp3) is 0.259. The van der Waals surface area contributed by atoms with Crippen LogP contribution < -0.4 is 10.0 Å². The van der Waals surface area contributed by atoms with Crippen molar-refractivity contribution >= 4 is 27.8 Å². The van der Waals surface area contributed by atoms with Crippen molar-refractivity contribution < 1.29 is 27.5 Å². The maximum Gasteiger partial charge on any atom is 0.356 e. The van der Waals surface area contributed by atoms with Gasteiger partial charge in [-0.15, -0.1) is 0 Å². The molecule has 0 aliphatic rings. The van der Waals surface area contributed by atoms with Crippen LogP contribution in [0.5, 0.6) is 0 Å². The summed E-state index contributed by atoms with van der Waals surface area (Å²) in [5.41, 5.74) is 1.45. The first kappa shape index (κ1) is 27.5. The Bertz CT molecular complexity index is 1320. The van der Waals surface area contributed by atoms with Crippen LogP contribution in [0.2, 0.25) is 0 Å². The van der Waals surface area contributed by atoms with E-state index >= 15 is 0 Å². The van der Waals surface area contributed by atoms with E-state index in [-0.39, 0.29) is 34.6 Å².